The summed E-state index contributed by atoms with van der Waals surface area (Å²) in [6, 6.07) is 4.07. The SMILES string of the molecule is CCn1nc(C)c(Cl)c1COc1ccc(F)cc1C(C)O. The van der Waals surface area contributed by atoms with Crippen LogP contribution in [0.1, 0.15) is 36.9 Å². The average molecular weight is 313 g/mol. The highest BCUT2D eigenvalue weighted by Gasteiger charge is 2.15. The number of aryl methyl sites for hydroxylation is 2. The molecule has 0 saturated carbocycles. The topological polar surface area (TPSA) is 47.3 Å². The minimum Gasteiger partial charge on any atom is -0.487 e. The molecule has 2 rings (SSSR count). The molecule has 2 aromatic rings. The summed E-state index contributed by atoms with van der Waals surface area (Å²) in [7, 11) is 0. The van der Waals surface area contributed by atoms with Gasteiger partial charge in [-0.05, 0) is 39.0 Å². The molecule has 0 fully saturated rings. The molecule has 1 aromatic heterocycles. The molecule has 0 aliphatic carbocycles. The Morgan fingerprint density at radius 3 is 2.81 bits per heavy atom. The van der Waals surface area contributed by atoms with E-state index in [0.29, 0.717) is 22.9 Å². The molecule has 1 N–H and O–H groups in total. The predicted molar refractivity (Wildman–Crippen MR) is 79.0 cm³/mol. The van der Waals surface area contributed by atoms with E-state index in [1.54, 1.807) is 11.6 Å². The normalized spacial score (nSPS) is 12.5. The molecule has 1 atom stereocenters. The molecule has 1 aromatic carbocycles. The molecule has 0 bridgehead atoms. The van der Waals surface area contributed by atoms with Crippen LogP contribution in [0.25, 0.3) is 0 Å². The van der Waals surface area contributed by atoms with Crippen molar-refractivity contribution in [1.82, 2.24) is 9.78 Å². The first-order valence-electron chi connectivity index (χ1n) is 6.76. The van der Waals surface area contributed by atoms with Gasteiger partial charge in [-0.2, -0.15) is 5.10 Å². The van der Waals surface area contributed by atoms with Gasteiger partial charge in [0, 0.05) is 12.1 Å². The van der Waals surface area contributed by atoms with Gasteiger partial charge >= 0.3 is 0 Å². The summed E-state index contributed by atoms with van der Waals surface area (Å²) < 4.78 is 20.7. The second-order valence-electron chi connectivity index (χ2n) is 4.81. The van der Waals surface area contributed by atoms with Crippen LogP contribution in [0.3, 0.4) is 0 Å². The van der Waals surface area contributed by atoms with E-state index in [1.807, 2.05) is 13.8 Å². The summed E-state index contributed by atoms with van der Waals surface area (Å²) >= 11 is 6.21. The lowest BCUT2D eigenvalue weighted by atomic mass is 10.1. The minimum absolute atomic E-state index is 0.207. The molecule has 0 aliphatic rings. The Labute approximate surface area is 128 Å². The Morgan fingerprint density at radius 2 is 2.19 bits per heavy atom. The average Bonchev–Trinajstić information content (AvgIpc) is 2.72. The van der Waals surface area contributed by atoms with E-state index in [9.17, 15) is 9.50 Å². The maximum absolute atomic E-state index is 13.3. The van der Waals surface area contributed by atoms with Gasteiger partial charge in [0.2, 0.25) is 0 Å². The lowest BCUT2D eigenvalue weighted by Gasteiger charge is -2.14. The van der Waals surface area contributed by atoms with E-state index in [0.717, 1.165) is 11.4 Å². The van der Waals surface area contributed by atoms with Gasteiger partial charge in [-0.25, -0.2) is 4.39 Å². The van der Waals surface area contributed by atoms with E-state index in [2.05, 4.69) is 5.10 Å². The van der Waals surface area contributed by atoms with Crippen molar-refractivity contribution in [2.75, 3.05) is 0 Å². The monoisotopic (exact) mass is 312 g/mol. The van der Waals surface area contributed by atoms with Crippen molar-refractivity contribution < 1.29 is 14.2 Å². The van der Waals surface area contributed by atoms with Crippen molar-refractivity contribution in [3.63, 3.8) is 0 Å². The standard InChI is InChI=1S/C15H18ClFN2O2/c1-4-19-13(15(16)9(2)18-19)8-21-14-6-5-11(17)7-12(14)10(3)20/h5-7,10,20H,4,8H2,1-3H3. The summed E-state index contributed by atoms with van der Waals surface area (Å²) in [5.74, 6) is 0.0229. The zero-order valence-corrected chi connectivity index (χ0v) is 13.0. The van der Waals surface area contributed by atoms with Gasteiger partial charge in [-0.3, -0.25) is 4.68 Å². The molecule has 0 radical (unpaired) electrons. The van der Waals surface area contributed by atoms with E-state index in [1.165, 1.54) is 18.2 Å². The number of hydrogen-bond acceptors (Lipinski definition) is 3. The predicted octanol–water partition coefficient (Wildman–Crippen LogP) is 3.64. The van der Waals surface area contributed by atoms with Crippen molar-refractivity contribution in [3.05, 3.63) is 46.0 Å². The number of halogens is 2. The molecule has 6 heteroatoms. The molecule has 1 unspecified atom stereocenters. The van der Waals surface area contributed by atoms with Gasteiger partial charge in [-0.15, -0.1) is 0 Å². The fourth-order valence-electron chi connectivity index (χ4n) is 2.13. The minimum atomic E-state index is -0.816. The van der Waals surface area contributed by atoms with Crippen LogP contribution < -0.4 is 4.74 Å². The summed E-state index contributed by atoms with van der Waals surface area (Å²) in [6.07, 6.45) is -0.816. The van der Waals surface area contributed by atoms with E-state index < -0.39 is 11.9 Å². The van der Waals surface area contributed by atoms with Crippen LogP contribution >= 0.6 is 11.6 Å². The first-order chi connectivity index (χ1) is 9.93. The number of aliphatic hydroxyl groups excluding tert-OH is 1. The van der Waals surface area contributed by atoms with Crippen LogP contribution in [-0.2, 0) is 13.2 Å². The quantitative estimate of drug-likeness (QED) is 0.917. The third-order valence-electron chi connectivity index (χ3n) is 3.24. The van der Waals surface area contributed by atoms with Crippen molar-refractivity contribution in [2.24, 2.45) is 0 Å². The summed E-state index contributed by atoms with van der Waals surface area (Å²) in [6.45, 7) is 6.25. The van der Waals surface area contributed by atoms with Gasteiger partial charge in [-0.1, -0.05) is 11.6 Å². The number of nitrogens with zero attached hydrogens (tertiary/aromatic N) is 2. The number of ether oxygens (including phenoxy) is 1. The Kier molecular flexibility index (Phi) is 4.85. The highest BCUT2D eigenvalue weighted by molar-refractivity contribution is 6.31. The maximum atomic E-state index is 13.3. The summed E-state index contributed by atoms with van der Waals surface area (Å²) in [5.41, 5.74) is 1.91. The van der Waals surface area contributed by atoms with Crippen LogP contribution in [0.2, 0.25) is 5.02 Å². The smallest absolute Gasteiger partial charge is 0.131 e. The fraction of sp³-hybridized carbons (Fsp3) is 0.400. The number of hydrogen-bond donors (Lipinski definition) is 1. The van der Waals surface area contributed by atoms with Crippen LogP contribution in [0, 0.1) is 12.7 Å². The molecule has 0 aliphatic heterocycles. The van der Waals surface area contributed by atoms with Gasteiger partial charge in [0.1, 0.15) is 18.2 Å². The van der Waals surface area contributed by atoms with Gasteiger partial charge in [0.25, 0.3) is 0 Å². The fourth-order valence-corrected chi connectivity index (χ4v) is 2.32. The first-order valence-corrected chi connectivity index (χ1v) is 7.14. The van der Waals surface area contributed by atoms with E-state index >= 15 is 0 Å². The van der Waals surface area contributed by atoms with Gasteiger partial charge in [0.05, 0.1) is 22.5 Å². The van der Waals surface area contributed by atoms with E-state index in [4.69, 9.17) is 16.3 Å². The van der Waals surface area contributed by atoms with E-state index in [-0.39, 0.29) is 6.61 Å². The molecule has 0 spiro atoms. The lowest BCUT2D eigenvalue weighted by molar-refractivity contribution is 0.188. The molecule has 4 nitrogen and oxygen atoms in total. The molecular weight excluding hydrogens is 295 g/mol. The number of aromatic nitrogens is 2. The Hall–Kier alpha value is -1.59. The zero-order valence-electron chi connectivity index (χ0n) is 12.2. The van der Waals surface area contributed by atoms with Crippen LogP contribution in [0.4, 0.5) is 4.39 Å². The molecule has 0 amide bonds. The third kappa shape index (κ3) is 3.36. The van der Waals surface area contributed by atoms with Crippen molar-refractivity contribution in [2.45, 2.75) is 40.0 Å². The zero-order chi connectivity index (χ0) is 15.6. The second kappa shape index (κ2) is 6.45. The molecule has 1 heterocycles. The number of benzene rings is 1. The van der Waals surface area contributed by atoms with Gasteiger partial charge < -0.3 is 9.84 Å². The Balaban J connectivity index is 2.25. The Morgan fingerprint density at radius 1 is 1.48 bits per heavy atom. The van der Waals surface area contributed by atoms with Crippen LogP contribution in [-0.4, -0.2) is 14.9 Å². The largest absolute Gasteiger partial charge is 0.487 e. The molecule has 0 saturated heterocycles. The highest BCUT2D eigenvalue weighted by Crippen LogP contribution is 2.28. The first kappa shape index (κ1) is 15.8. The number of rotatable bonds is 5. The van der Waals surface area contributed by atoms with Crippen molar-refractivity contribution >= 4 is 11.6 Å². The molecule has 114 valence electrons. The van der Waals surface area contributed by atoms with Crippen LogP contribution in [0.5, 0.6) is 5.75 Å². The van der Waals surface area contributed by atoms with Crippen molar-refractivity contribution in [3.8, 4) is 5.75 Å². The lowest BCUT2D eigenvalue weighted by Crippen LogP contribution is -2.08. The van der Waals surface area contributed by atoms with Crippen molar-refractivity contribution in [1.29, 1.82) is 0 Å². The Bertz CT molecular complexity index is 641. The molecular formula is C15H18ClFN2O2. The summed E-state index contributed by atoms with van der Waals surface area (Å²) in [5, 5.41) is 14.6. The number of aliphatic hydroxyl groups is 1. The summed E-state index contributed by atoms with van der Waals surface area (Å²) in [4.78, 5) is 0. The third-order valence-corrected chi connectivity index (χ3v) is 3.73. The molecule has 21 heavy (non-hydrogen) atoms. The van der Waals surface area contributed by atoms with Crippen LogP contribution in [0.15, 0.2) is 18.2 Å². The maximum Gasteiger partial charge on any atom is 0.131 e. The second-order valence-corrected chi connectivity index (χ2v) is 5.19. The van der Waals surface area contributed by atoms with Gasteiger partial charge in [0.15, 0.2) is 0 Å². The highest BCUT2D eigenvalue weighted by atomic mass is 35.5.